The molecule has 26 heteroatoms. The van der Waals surface area contributed by atoms with Crippen LogP contribution >= 0.6 is 0 Å². The topological polar surface area (TPSA) is 144 Å². The maximum atomic E-state index is 15.1. The Morgan fingerprint density at radius 2 is 0.932 bits per heavy atom. The molecule has 3 aliphatic carbocycles. The summed E-state index contributed by atoms with van der Waals surface area (Å²) in [6.07, 6.45) is -46.7. The van der Waals surface area contributed by atoms with Gasteiger partial charge in [0.15, 0.2) is 0 Å². The molecule has 0 aromatic heterocycles. The van der Waals surface area contributed by atoms with E-state index in [0.717, 1.165) is 27.7 Å². The number of esters is 2. The number of ether oxygens (including phenoxy) is 6. The van der Waals surface area contributed by atoms with Gasteiger partial charge >= 0.3 is 60.7 Å². The Balaban J connectivity index is 0. The zero-order chi connectivity index (χ0) is 54.0. The van der Waals surface area contributed by atoms with Gasteiger partial charge in [0.25, 0.3) is 5.60 Å². The first-order valence-corrected chi connectivity index (χ1v) is 21.8. The minimum Gasteiger partial charge on any atom is -0.462 e. The van der Waals surface area contributed by atoms with Crippen LogP contribution in [0.1, 0.15) is 164 Å². The Hall–Kier alpha value is -3.61. The fourth-order valence-corrected chi connectivity index (χ4v) is 9.67. The second kappa shape index (κ2) is 22.9. The summed E-state index contributed by atoms with van der Waals surface area (Å²) in [6.45, 7) is 11.9. The first-order chi connectivity index (χ1) is 30.5. The lowest BCUT2D eigenvalue weighted by Crippen LogP contribution is -2.67. The van der Waals surface area contributed by atoms with Gasteiger partial charge in [-0.05, 0) is 145 Å². The van der Waals surface area contributed by atoms with E-state index in [9.17, 15) is 50.6 Å². The van der Waals surface area contributed by atoms with Crippen LogP contribution in [-0.4, -0.2) is 100 Å². The Labute approximate surface area is 417 Å². The van der Waals surface area contributed by atoms with E-state index in [4.69, 9.17) is 14.2 Å². The number of carbonyl (C=O) groups excluding carboxylic acids is 4. The largest absolute Gasteiger partial charge is 0.510 e. The molecule has 0 radical (unpaired) electrons. The average Bonchev–Trinajstić information content (AvgIpc) is 3.69. The van der Waals surface area contributed by atoms with Crippen LogP contribution in [0.3, 0.4) is 0 Å². The van der Waals surface area contributed by atoms with Crippen molar-refractivity contribution in [1.82, 2.24) is 0 Å². The second-order valence-corrected chi connectivity index (χ2v) is 21.6. The van der Waals surface area contributed by atoms with E-state index < -0.39 is 168 Å². The molecule has 0 aromatic rings. The highest BCUT2D eigenvalue weighted by atomic mass is 19.4. The van der Waals surface area contributed by atoms with E-state index >= 15 is 39.5 Å². The minimum absolute atomic E-state index is 0. The molecule has 1 N–H and O–H groups in total. The molecule has 0 aromatic carbocycles. The Morgan fingerprint density at radius 3 is 1.30 bits per heavy atom. The van der Waals surface area contributed by atoms with E-state index in [0.29, 0.717) is 0 Å². The van der Waals surface area contributed by atoms with Gasteiger partial charge in [-0.2, -0.15) is 65.9 Å². The zero-order valence-corrected chi connectivity index (χ0v) is 39.6. The standard InChI is InChI=1S/C43H59F15O11.4CH4/c1-12-35(10,20-34(8,9)28(59)65-27-15-21-13-22(27)14-23(21)19-37(63,40(47,48)49)41(50,51)52)29(60)64-26-17-24(36(11,39(44,45)46)68-30(61)66-32(2,3)4)16-25(18-26)38(42(53,54)55,43(56,57)58)69-31(62)67-33(5,6)7;;;;/h21-27,63H,12-20H2,1-11H3;4*1H4. The molecule has 2 bridgehead atoms. The van der Waals surface area contributed by atoms with Crippen LogP contribution < -0.4 is 0 Å². The number of fused-ring (bicyclic) bond motifs is 2. The number of alkyl halides is 15. The summed E-state index contributed by atoms with van der Waals surface area (Å²) >= 11 is 0. The van der Waals surface area contributed by atoms with Crippen LogP contribution in [0, 0.1) is 40.4 Å². The molecule has 0 amide bonds. The molecule has 0 spiro atoms. The minimum atomic E-state index is -6.65. The lowest BCUT2D eigenvalue weighted by atomic mass is 9.66. The van der Waals surface area contributed by atoms with Crippen molar-refractivity contribution in [3.8, 4) is 0 Å². The first-order valence-electron chi connectivity index (χ1n) is 21.8. The zero-order valence-electron chi connectivity index (χ0n) is 39.6. The van der Waals surface area contributed by atoms with Crippen molar-refractivity contribution in [2.75, 3.05) is 0 Å². The maximum Gasteiger partial charge on any atom is 0.510 e. The van der Waals surface area contributed by atoms with Crippen molar-refractivity contribution < 1.29 is 119 Å². The highest BCUT2D eigenvalue weighted by molar-refractivity contribution is 5.80. The van der Waals surface area contributed by atoms with Crippen molar-refractivity contribution in [3.05, 3.63) is 0 Å². The summed E-state index contributed by atoms with van der Waals surface area (Å²) in [5.41, 5.74) is -21.6. The number of carbonyl (C=O) groups is 4. The Morgan fingerprint density at radius 1 is 0.493 bits per heavy atom. The molecule has 9 atom stereocenters. The van der Waals surface area contributed by atoms with Gasteiger partial charge in [0.2, 0.25) is 5.60 Å². The van der Waals surface area contributed by atoms with Crippen molar-refractivity contribution >= 4 is 24.2 Å². The monoisotopic (exact) mass is 1100 g/mol. The van der Waals surface area contributed by atoms with Crippen LogP contribution in [0.4, 0.5) is 75.4 Å². The molecule has 3 saturated carbocycles. The smallest absolute Gasteiger partial charge is 0.462 e. The third-order valence-corrected chi connectivity index (χ3v) is 13.4. The van der Waals surface area contributed by atoms with Crippen LogP contribution in [0.2, 0.25) is 0 Å². The van der Waals surface area contributed by atoms with E-state index in [-0.39, 0.29) is 62.3 Å². The number of hydrogen-bond acceptors (Lipinski definition) is 11. The van der Waals surface area contributed by atoms with Crippen LogP contribution in [-0.2, 0) is 38.0 Å². The first kappa shape index (κ1) is 71.5. The molecule has 11 nitrogen and oxygen atoms in total. The van der Waals surface area contributed by atoms with Gasteiger partial charge in [-0.1, -0.05) is 36.6 Å². The molecule has 3 rings (SSSR count). The van der Waals surface area contributed by atoms with E-state index in [1.807, 2.05) is 0 Å². The van der Waals surface area contributed by atoms with Gasteiger partial charge < -0.3 is 33.5 Å². The number of aliphatic hydroxyl groups is 1. The van der Waals surface area contributed by atoms with Gasteiger partial charge in [-0.15, -0.1) is 0 Å². The van der Waals surface area contributed by atoms with Crippen LogP contribution in [0.5, 0.6) is 0 Å². The molecule has 3 aliphatic rings. The lowest BCUT2D eigenvalue weighted by molar-refractivity contribution is -0.392. The molecule has 434 valence electrons. The predicted octanol–water partition coefficient (Wildman–Crippen LogP) is 15.0. The molecule has 0 heterocycles. The predicted molar refractivity (Wildman–Crippen MR) is 234 cm³/mol. The van der Waals surface area contributed by atoms with Gasteiger partial charge in [0.1, 0.15) is 23.4 Å². The number of hydrogen-bond donors (Lipinski definition) is 1. The summed E-state index contributed by atoms with van der Waals surface area (Å²) in [6, 6.07) is 0. The summed E-state index contributed by atoms with van der Waals surface area (Å²) in [5.74, 6) is -11.2. The third kappa shape index (κ3) is 15.5. The van der Waals surface area contributed by atoms with Gasteiger partial charge in [-0.25, -0.2) is 9.59 Å². The highest BCUT2D eigenvalue weighted by Gasteiger charge is 2.79. The molecule has 73 heavy (non-hydrogen) atoms. The fraction of sp³-hybridized carbons (Fsp3) is 0.915. The molecule has 9 unspecified atom stereocenters. The summed E-state index contributed by atoms with van der Waals surface area (Å²) in [4.78, 5) is 53.3. The molecule has 0 saturated heterocycles. The van der Waals surface area contributed by atoms with Gasteiger partial charge in [-0.3, -0.25) is 9.59 Å². The van der Waals surface area contributed by atoms with Crippen molar-refractivity contribution in [2.24, 2.45) is 40.4 Å². The Bertz CT molecular complexity index is 1840. The van der Waals surface area contributed by atoms with Crippen molar-refractivity contribution in [2.45, 2.75) is 235 Å². The average molecular weight is 1100 g/mol. The van der Waals surface area contributed by atoms with E-state index in [1.54, 1.807) is 0 Å². The normalized spacial score (nSPS) is 24.9. The van der Waals surface area contributed by atoms with Gasteiger partial charge in [0, 0.05) is 11.8 Å². The summed E-state index contributed by atoms with van der Waals surface area (Å²) in [7, 11) is 0. The van der Waals surface area contributed by atoms with E-state index in [2.05, 4.69) is 14.2 Å². The molecular formula is C47H75F15O11. The lowest BCUT2D eigenvalue weighted by Gasteiger charge is -2.49. The van der Waals surface area contributed by atoms with Crippen LogP contribution in [0.15, 0.2) is 0 Å². The maximum absolute atomic E-state index is 15.1. The number of halogens is 15. The van der Waals surface area contributed by atoms with Crippen LogP contribution in [0.25, 0.3) is 0 Å². The van der Waals surface area contributed by atoms with Crippen molar-refractivity contribution in [1.29, 1.82) is 0 Å². The molecular weight excluding hydrogens is 1030 g/mol. The fourth-order valence-electron chi connectivity index (χ4n) is 9.67. The van der Waals surface area contributed by atoms with E-state index in [1.165, 1.54) is 41.5 Å². The molecule has 3 fully saturated rings. The SMILES string of the molecule is C.C.C.C.CCC(C)(CC(C)(C)C(=O)OC1CC2CC1CC2CC(O)(C(F)(F)F)C(F)(F)F)C(=O)OC1CC(C(C)(OC(=O)OC(C)(C)C)C(F)(F)F)CC(C(OC(=O)OC(C)(C)C)(C(F)(F)F)C(F)(F)F)C1. The second-order valence-electron chi connectivity index (χ2n) is 21.6. The van der Waals surface area contributed by atoms with Crippen molar-refractivity contribution in [3.63, 3.8) is 0 Å². The summed E-state index contributed by atoms with van der Waals surface area (Å²) in [5, 5.41) is 9.74. The highest BCUT2D eigenvalue weighted by Crippen LogP contribution is 2.59. The quantitative estimate of drug-likeness (QED) is 0.107. The third-order valence-electron chi connectivity index (χ3n) is 13.4. The summed E-state index contributed by atoms with van der Waals surface area (Å²) < 4.78 is 246. The van der Waals surface area contributed by atoms with Gasteiger partial charge in [0.05, 0.1) is 10.8 Å². The number of rotatable bonds is 13. The molecule has 0 aliphatic heterocycles. The Kier molecular flexibility index (Phi) is 22.4.